The number of hydrogen-bond donors (Lipinski definition) is 1. The summed E-state index contributed by atoms with van der Waals surface area (Å²) in [5.74, 6) is -0.236. The second-order valence-corrected chi connectivity index (χ2v) is 3.62. The highest BCUT2D eigenvalue weighted by Crippen LogP contribution is 2.23. The Morgan fingerprint density at radius 1 is 1.82 bits per heavy atom. The number of rotatable bonds is 1. The first-order valence-corrected chi connectivity index (χ1v) is 3.99. The van der Waals surface area contributed by atoms with Gasteiger partial charge < -0.3 is 10.1 Å². The van der Waals surface area contributed by atoms with E-state index >= 15 is 0 Å². The molecule has 0 radical (unpaired) electrons. The summed E-state index contributed by atoms with van der Waals surface area (Å²) in [7, 11) is 1.39. The molecule has 1 heterocycles. The van der Waals surface area contributed by atoms with Crippen molar-refractivity contribution in [2.24, 2.45) is 0 Å². The monoisotopic (exact) mass is 177 g/mol. The summed E-state index contributed by atoms with van der Waals surface area (Å²) in [6.07, 6.45) is 0.640. The van der Waals surface area contributed by atoms with E-state index < -0.39 is 5.54 Å². The molecule has 1 N–H and O–H groups in total. The Hall–Kier alpha value is -0.280. The van der Waals surface area contributed by atoms with Crippen LogP contribution in [0.25, 0.3) is 0 Å². The van der Waals surface area contributed by atoms with Crippen molar-refractivity contribution in [3.8, 4) is 0 Å². The maximum absolute atomic E-state index is 11.1. The average Bonchev–Trinajstić information content (AvgIpc) is 2.31. The minimum atomic E-state index is -0.568. The molecule has 3 nitrogen and oxygen atoms in total. The van der Waals surface area contributed by atoms with Crippen molar-refractivity contribution in [1.82, 2.24) is 5.32 Å². The number of esters is 1. The van der Waals surface area contributed by atoms with Crippen LogP contribution in [0.3, 0.4) is 0 Å². The first kappa shape index (κ1) is 8.81. The third kappa shape index (κ3) is 1.65. The summed E-state index contributed by atoms with van der Waals surface area (Å²) in [4.78, 5) is 11.1. The molecule has 1 aliphatic rings. The molecule has 1 rings (SSSR count). The van der Waals surface area contributed by atoms with E-state index in [1.165, 1.54) is 7.11 Å². The van der Waals surface area contributed by atoms with E-state index in [4.69, 9.17) is 11.6 Å². The fourth-order valence-corrected chi connectivity index (χ4v) is 1.69. The van der Waals surface area contributed by atoms with Crippen molar-refractivity contribution < 1.29 is 9.53 Å². The summed E-state index contributed by atoms with van der Waals surface area (Å²) in [6.45, 7) is 2.48. The molecule has 1 saturated heterocycles. The minimum Gasteiger partial charge on any atom is -0.468 e. The molecule has 11 heavy (non-hydrogen) atoms. The highest BCUT2D eigenvalue weighted by Gasteiger charge is 2.41. The zero-order valence-corrected chi connectivity index (χ0v) is 7.44. The molecule has 0 aliphatic carbocycles. The maximum atomic E-state index is 11.1. The lowest BCUT2D eigenvalue weighted by Crippen LogP contribution is -2.45. The van der Waals surface area contributed by atoms with Crippen molar-refractivity contribution in [3.05, 3.63) is 0 Å². The molecule has 64 valence electrons. The van der Waals surface area contributed by atoms with Crippen LogP contribution in [0.4, 0.5) is 0 Å². The molecule has 0 aromatic rings. The number of methoxy groups -OCH3 is 1. The third-order valence-electron chi connectivity index (χ3n) is 1.98. The summed E-state index contributed by atoms with van der Waals surface area (Å²) in [6, 6.07) is 0. The van der Waals surface area contributed by atoms with Crippen LogP contribution in [0.1, 0.15) is 13.3 Å². The Morgan fingerprint density at radius 3 is 2.82 bits per heavy atom. The Labute approximate surface area is 71.1 Å². The van der Waals surface area contributed by atoms with Crippen molar-refractivity contribution in [2.45, 2.75) is 24.3 Å². The van der Waals surface area contributed by atoms with Crippen LogP contribution in [0, 0.1) is 0 Å². The zero-order valence-electron chi connectivity index (χ0n) is 6.69. The van der Waals surface area contributed by atoms with Crippen LogP contribution in [0.5, 0.6) is 0 Å². The molecule has 2 atom stereocenters. The highest BCUT2D eigenvalue weighted by atomic mass is 35.5. The van der Waals surface area contributed by atoms with Gasteiger partial charge in [-0.2, -0.15) is 0 Å². The lowest BCUT2D eigenvalue weighted by atomic mass is 10.0. The van der Waals surface area contributed by atoms with Gasteiger partial charge in [-0.1, -0.05) is 0 Å². The Kier molecular flexibility index (Phi) is 2.40. The quantitative estimate of drug-likeness (QED) is 0.469. The van der Waals surface area contributed by atoms with Gasteiger partial charge in [0.1, 0.15) is 5.54 Å². The predicted molar refractivity (Wildman–Crippen MR) is 42.7 cm³/mol. The molecule has 0 amide bonds. The molecular formula is C7H12ClNO2. The molecule has 2 unspecified atom stereocenters. The summed E-state index contributed by atoms with van der Waals surface area (Å²) in [5, 5.41) is 3.07. The van der Waals surface area contributed by atoms with E-state index in [0.29, 0.717) is 13.0 Å². The van der Waals surface area contributed by atoms with E-state index in [1.54, 1.807) is 6.92 Å². The van der Waals surface area contributed by atoms with Gasteiger partial charge in [-0.25, -0.2) is 0 Å². The van der Waals surface area contributed by atoms with Crippen molar-refractivity contribution in [3.63, 3.8) is 0 Å². The van der Waals surface area contributed by atoms with Crippen LogP contribution in [0.2, 0.25) is 0 Å². The van der Waals surface area contributed by atoms with Gasteiger partial charge in [0.05, 0.1) is 7.11 Å². The summed E-state index contributed by atoms with van der Waals surface area (Å²) >= 11 is 5.83. The third-order valence-corrected chi connectivity index (χ3v) is 2.29. The van der Waals surface area contributed by atoms with Crippen molar-refractivity contribution >= 4 is 17.6 Å². The van der Waals surface area contributed by atoms with Crippen LogP contribution < -0.4 is 5.32 Å². The van der Waals surface area contributed by atoms with Crippen molar-refractivity contribution in [2.75, 3.05) is 13.7 Å². The standard InChI is InChI=1S/C7H12ClNO2/c1-7(6(10)11-2)3-5(8)4-9-7/h5,9H,3-4H2,1-2H3. The van der Waals surface area contributed by atoms with Crippen LogP contribution in [-0.4, -0.2) is 30.5 Å². The lowest BCUT2D eigenvalue weighted by molar-refractivity contribution is -0.147. The summed E-state index contributed by atoms with van der Waals surface area (Å²) in [5.41, 5.74) is -0.568. The summed E-state index contributed by atoms with van der Waals surface area (Å²) < 4.78 is 4.63. The van der Waals surface area contributed by atoms with Gasteiger partial charge in [0, 0.05) is 11.9 Å². The molecule has 0 bridgehead atoms. The van der Waals surface area contributed by atoms with Gasteiger partial charge >= 0.3 is 5.97 Å². The van der Waals surface area contributed by atoms with Gasteiger partial charge in [-0.3, -0.25) is 4.79 Å². The first-order valence-electron chi connectivity index (χ1n) is 3.56. The van der Waals surface area contributed by atoms with Gasteiger partial charge in [0.25, 0.3) is 0 Å². The Balaban J connectivity index is 2.61. The largest absolute Gasteiger partial charge is 0.468 e. The second kappa shape index (κ2) is 2.99. The van der Waals surface area contributed by atoms with Crippen LogP contribution in [-0.2, 0) is 9.53 Å². The van der Waals surface area contributed by atoms with E-state index in [9.17, 15) is 4.79 Å². The minimum absolute atomic E-state index is 0.0408. The SMILES string of the molecule is COC(=O)C1(C)CC(Cl)CN1. The topological polar surface area (TPSA) is 38.3 Å². The smallest absolute Gasteiger partial charge is 0.325 e. The van der Waals surface area contributed by atoms with Gasteiger partial charge in [0.15, 0.2) is 0 Å². The van der Waals surface area contributed by atoms with Gasteiger partial charge in [-0.15, -0.1) is 11.6 Å². The van der Waals surface area contributed by atoms with E-state index in [1.807, 2.05) is 0 Å². The number of alkyl halides is 1. The predicted octanol–water partition coefficient (Wildman–Crippen LogP) is 0.519. The number of carbonyl (C=O) groups excluding carboxylic acids is 1. The van der Waals surface area contributed by atoms with Gasteiger partial charge in [-0.05, 0) is 13.3 Å². The molecular weight excluding hydrogens is 166 g/mol. The van der Waals surface area contributed by atoms with E-state index in [2.05, 4.69) is 10.1 Å². The first-order chi connectivity index (χ1) is 5.08. The maximum Gasteiger partial charge on any atom is 0.325 e. The highest BCUT2D eigenvalue weighted by molar-refractivity contribution is 6.21. The number of carbonyl (C=O) groups is 1. The van der Waals surface area contributed by atoms with E-state index in [-0.39, 0.29) is 11.3 Å². The zero-order chi connectivity index (χ0) is 8.48. The molecule has 0 spiro atoms. The normalized spacial score (nSPS) is 37.2. The fourth-order valence-electron chi connectivity index (χ4n) is 1.30. The van der Waals surface area contributed by atoms with Gasteiger partial charge in [0.2, 0.25) is 0 Å². The fraction of sp³-hybridized carbons (Fsp3) is 0.857. The molecule has 0 aromatic heterocycles. The number of ether oxygens (including phenoxy) is 1. The van der Waals surface area contributed by atoms with Crippen molar-refractivity contribution in [1.29, 1.82) is 0 Å². The Bertz CT molecular complexity index is 174. The van der Waals surface area contributed by atoms with E-state index in [0.717, 1.165) is 0 Å². The molecule has 1 aliphatic heterocycles. The van der Waals surface area contributed by atoms with Crippen LogP contribution >= 0.6 is 11.6 Å². The number of halogens is 1. The molecule has 1 fully saturated rings. The molecule has 0 saturated carbocycles. The number of hydrogen-bond acceptors (Lipinski definition) is 3. The average molecular weight is 178 g/mol. The second-order valence-electron chi connectivity index (χ2n) is 3.01. The number of nitrogens with one attached hydrogen (secondary N) is 1. The lowest BCUT2D eigenvalue weighted by Gasteiger charge is -2.20. The molecule has 4 heteroatoms. The van der Waals surface area contributed by atoms with Crippen LogP contribution in [0.15, 0.2) is 0 Å². The Morgan fingerprint density at radius 2 is 2.45 bits per heavy atom. The molecule has 0 aromatic carbocycles.